The molecule has 1 atom stereocenters. The first-order valence-corrected chi connectivity index (χ1v) is 10.7. The molecular formula is C22H36N4O2. The van der Waals surface area contributed by atoms with Gasteiger partial charge in [-0.25, -0.2) is 0 Å². The second kappa shape index (κ2) is 9.81. The van der Waals surface area contributed by atoms with Gasteiger partial charge in [0.2, 0.25) is 5.91 Å². The number of hydrogen-bond acceptors (Lipinski definition) is 5. The molecule has 6 heteroatoms. The maximum atomic E-state index is 12.6. The monoisotopic (exact) mass is 388 g/mol. The number of nitrogens with zero attached hydrogens (tertiary/aromatic N) is 3. The number of aliphatic hydroxyl groups excluding tert-OH is 1. The second-order valence-electron chi connectivity index (χ2n) is 9.24. The second-order valence-corrected chi connectivity index (χ2v) is 9.24. The number of carbonyl (C=O) groups is 1. The van der Waals surface area contributed by atoms with Crippen molar-refractivity contribution in [2.45, 2.75) is 52.1 Å². The standard InChI is InChI=1S/C22H36N4O2/c1-22(2,17-27)16-24-21(28)19-4-3-11-26(15-19)20-7-12-25(13-8-20)14-18-5-9-23-10-6-18/h5-6,9-10,19-20,27H,3-4,7-8,11-17H2,1-2H3,(H,24,28). The highest BCUT2D eigenvalue weighted by molar-refractivity contribution is 5.79. The number of pyridine rings is 1. The maximum Gasteiger partial charge on any atom is 0.224 e. The van der Waals surface area contributed by atoms with Gasteiger partial charge in [-0.3, -0.25) is 19.6 Å². The number of piperidine rings is 2. The summed E-state index contributed by atoms with van der Waals surface area (Å²) in [6.07, 6.45) is 8.15. The van der Waals surface area contributed by atoms with Crippen molar-refractivity contribution in [2.24, 2.45) is 11.3 Å². The molecule has 2 N–H and O–H groups in total. The number of aromatic nitrogens is 1. The molecule has 0 spiro atoms. The Morgan fingerprint density at radius 3 is 2.61 bits per heavy atom. The van der Waals surface area contributed by atoms with Crippen LogP contribution in [0.25, 0.3) is 0 Å². The van der Waals surface area contributed by atoms with Crippen LogP contribution >= 0.6 is 0 Å². The smallest absolute Gasteiger partial charge is 0.224 e. The zero-order valence-electron chi connectivity index (χ0n) is 17.4. The van der Waals surface area contributed by atoms with Crippen LogP contribution in [0.4, 0.5) is 0 Å². The molecule has 2 fully saturated rings. The molecule has 1 unspecified atom stereocenters. The third kappa shape index (κ3) is 6.00. The number of rotatable bonds is 7. The lowest BCUT2D eigenvalue weighted by molar-refractivity contribution is -0.127. The van der Waals surface area contributed by atoms with Crippen molar-refractivity contribution in [3.63, 3.8) is 0 Å². The minimum absolute atomic E-state index is 0.0816. The summed E-state index contributed by atoms with van der Waals surface area (Å²) in [7, 11) is 0. The van der Waals surface area contributed by atoms with Gasteiger partial charge >= 0.3 is 0 Å². The molecule has 1 aromatic heterocycles. The summed E-state index contributed by atoms with van der Waals surface area (Å²) in [6.45, 7) is 9.78. The summed E-state index contributed by atoms with van der Waals surface area (Å²) in [6, 6.07) is 4.79. The Kier molecular flexibility index (Phi) is 7.43. The summed E-state index contributed by atoms with van der Waals surface area (Å²) in [5.74, 6) is 0.236. The molecule has 2 aliphatic rings. The van der Waals surface area contributed by atoms with E-state index in [0.717, 1.165) is 45.6 Å². The van der Waals surface area contributed by atoms with E-state index in [9.17, 15) is 9.90 Å². The lowest BCUT2D eigenvalue weighted by Gasteiger charge is -2.42. The molecule has 28 heavy (non-hydrogen) atoms. The Bertz CT molecular complexity index is 614. The van der Waals surface area contributed by atoms with E-state index in [1.165, 1.54) is 18.4 Å². The van der Waals surface area contributed by atoms with Crippen molar-refractivity contribution in [1.82, 2.24) is 20.1 Å². The van der Waals surface area contributed by atoms with E-state index < -0.39 is 0 Å². The number of nitrogens with one attached hydrogen (secondary N) is 1. The zero-order chi connectivity index (χ0) is 20.0. The van der Waals surface area contributed by atoms with Gasteiger partial charge in [0.25, 0.3) is 0 Å². The van der Waals surface area contributed by atoms with E-state index in [4.69, 9.17) is 0 Å². The first-order chi connectivity index (χ1) is 13.5. The van der Waals surface area contributed by atoms with E-state index in [1.54, 1.807) is 0 Å². The third-order valence-corrected chi connectivity index (χ3v) is 6.22. The highest BCUT2D eigenvalue weighted by atomic mass is 16.3. The minimum atomic E-state index is -0.258. The Morgan fingerprint density at radius 1 is 1.21 bits per heavy atom. The number of likely N-dealkylation sites (tertiary alicyclic amines) is 2. The fourth-order valence-electron chi connectivity index (χ4n) is 4.27. The number of carbonyl (C=O) groups excluding carboxylic acids is 1. The quantitative estimate of drug-likeness (QED) is 0.747. The van der Waals surface area contributed by atoms with Crippen LogP contribution in [-0.4, -0.2) is 71.2 Å². The lowest BCUT2D eigenvalue weighted by atomic mass is 9.91. The van der Waals surface area contributed by atoms with Gasteiger partial charge in [0.1, 0.15) is 0 Å². The predicted octanol–water partition coefficient (Wildman–Crippen LogP) is 1.89. The summed E-state index contributed by atoms with van der Waals surface area (Å²) in [5, 5.41) is 12.4. The molecule has 3 rings (SSSR count). The third-order valence-electron chi connectivity index (χ3n) is 6.22. The predicted molar refractivity (Wildman–Crippen MR) is 111 cm³/mol. The van der Waals surface area contributed by atoms with E-state index in [1.807, 2.05) is 26.2 Å². The molecule has 2 aliphatic heterocycles. The van der Waals surface area contributed by atoms with Crippen LogP contribution in [0, 0.1) is 11.3 Å². The molecule has 0 saturated carbocycles. The molecule has 0 aromatic carbocycles. The van der Waals surface area contributed by atoms with Crippen LogP contribution in [-0.2, 0) is 11.3 Å². The molecule has 6 nitrogen and oxygen atoms in total. The first-order valence-electron chi connectivity index (χ1n) is 10.7. The van der Waals surface area contributed by atoms with E-state index >= 15 is 0 Å². The van der Waals surface area contributed by atoms with Crippen molar-refractivity contribution < 1.29 is 9.90 Å². The normalized spacial score (nSPS) is 22.9. The zero-order valence-corrected chi connectivity index (χ0v) is 17.4. The van der Waals surface area contributed by atoms with E-state index in [0.29, 0.717) is 12.6 Å². The SMILES string of the molecule is CC(C)(CO)CNC(=O)C1CCCN(C2CCN(Cc3ccncc3)CC2)C1. The maximum absolute atomic E-state index is 12.6. The molecule has 0 aliphatic carbocycles. The van der Waals surface area contributed by atoms with Crippen LogP contribution in [0.2, 0.25) is 0 Å². The molecule has 1 aromatic rings. The van der Waals surface area contributed by atoms with Crippen molar-refractivity contribution in [2.75, 3.05) is 39.3 Å². The molecular weight excluding hydrogens is 352 g/mol. The van der Waals surface area contributed by atoms with Crippen LogP contribution in [0.1, 0.15) is 45.1 Å². The van der Waals surface area contributed by atoms with Gasteiger partial charge in [-0.15, -0.1) is 0 Å². The Hall–Kier alpha value is -1.50. The van der Waals surface area contributed by atoms with Gasteiger partial charge in [0, 0.05) is 50.1 Å². The summed E-state index contributed by atoms with van der Waals surface area (Å²) in [4.78, 5) is 21.8. The molecule has 1 amide bonds. The van der Waals surface area contributed by atoms with E-state index in [-0.39, 0.29) is 23.8 Å². The number of amides is 1. The first kappa shape index (κ1) is 21.2. The highest BCUT2D eigenvalue weighted by Gasteiger charge is 2.32. The molecule has 3 heterocycles. The van der Waals surface area contributed by atoms with Crippen molar-refractivity contribution in [3.8, 4) is 0 Å². The average Bonchev–Trinajstić information content (AvgIpc) is 2.73. The van der Waals surface area contributed by atoms with Crippen LogP contribution in [0.5, 0.6) is 0 Å². The topological polar surface area (TPSA) is 68.7 Å². The fourth-order valence-corrected chi connectivity index (χ4v) is 4.27. The van der Waals surface area contributed by atoms with Gasteiger partial charge in [-0.2, -0.15) is 0 Å². The molecule has 156 valence electrons. The number of hydrogen-bond donors (Lipinski definition) is 2. The average molecular weight is 389 g/mol. The fraction of sp³-hybridized carbons (Fsp3) is 0.727. The molecule has 0 bridgehead atoms. The summed E-state index contributed by atoms with van der Waals surface area (Å²) < 4.78 is 0. The van der Waals surface area contributed by atoms with Crippen molar-refractivity contribution in [3.05, 3.63) is 30.1 Å². The van der Waals surface area contributed by atoms with Gasteiger partial charge in [0.15, 0.2) is 0 Å². The van der Waals surface area contributed by atoms with Gasteiger partial charge in [-0.1, -0.05) is 13.8 Å². The number of aliphatic hydroxyl groups is 1. The summed E-state index contributed by atoms with van der Waals surface area (Å²) in [5.41, 5.74) is 1.07. The van der Waals surface area contributed by atoms with Crippen LogP contribution in [0.15, 0.2) is 24.5 Å². The van der Waals surface area contributed by atoms with Crippen molar-refractivity contribution >= 4 is 5.91 Å². The molecule has 0 radical (unpaired) electrons. The largest absolute Gasteiger partial charge is 0.396 e. The van der Waals surface area contributed by atoms with Crippen LogP contribution < -0.4 is 5.32 Å². The van der Waals surface area contributed by atoms with Gasteiger partial charge < -0.3 is 10.4 Å². The van der Waals surface area contributed by atoms with E-state index in [2.05, 4.69) is 32.2 Å². The van der Waals surface area contributed by atoms with Gasteiger partial charge in [-0.05, 0) is 63.0 Å². The Morgan fingerprint density at radius 2 is 1.93 bits per heavy atom. The Balaban J connectivity index is 1.44. The van der Waals surface area contributed by atoms with Crippen LogP contribution in [0.3, 0.4) is 0 Å². The van der Waals surface area contributed by atoms with Crippen molar-refractivity contribution in [1.29, 1.82) is 0 Å². The van der Waals surface area contributed by atoms with Gasteiger partial charge in [0.05, 0.1) is 5.92 Å². The Labute approximate surface area is 169 Å². The highest BCUT2D eigenvalue weighted by Crippen LogP contribution is 2.25. The summed E-state index contributed by atoms with van der Waals surface area (Å²) >= 11 is 0. The lowest BCUT2D eigenvalue weighted by Crippen LogP contribution is -2.51. The molecule has 2 saturated heterocycles. The minimum Gasteiger partial charge on any atom is -0.396 e.